The van der Waals surface area contributed by atoms with Crippen LogP contribution in [0.1, 0.15) is 18.4 Å². The van der Waals surface area contributed by atoms with Crippen LogP contribution in [0.4, 0.5) is 0 Å². The summed E-state index contributed by atoms with van der Waals surface area (Å²) in [5, 5.41) is 10.9. The second kappa shape index (κ2) is 5.18. The van der Waals surface area contributed by atoms with Gasteiger partial charge in [-0.05, 0) is 37.0 Å². The lowest BCUT2D eigenvalue weighted by Crippen LogP contribution is -1.87. The number of unbranched alkanes of at least 4 members (excludes halogenated alkanes) is 1. The smallest absolute Gasteiger partial charge is 0.0822 e. The van der Waals surface area contributed by atoms with E-state index in [9.17, 15) is 5.11 Å². The van der Waals surface area contributed by atoms with Crippen LogP contribution in [0, 0.1) is 0 Å². The monoisotopic (exact) mass is 183 g/mol. The van der Waals surface area contributed by atoms with Gasteiger partial charge in [-0.25, -0.2) is 5.11 Å². The Balaban J connectivity index is 2.37. The Morgan fingerprint density at radius 2 is 1.75 bits per heavy atom. The third kappa shape index (κ3) is 3.24. The normalized spacial score (nSPS) is 10.2. The predicted octanol–water partition coefficient (Wildman–Crippen LogP) is 3.09. The van der Waals surface area contributed by atoms with Crippen LogP contribution in [0.5, 0.6) is 0 Å². The Morgan fingerprint density at radius 1 is 1.08 bits per heavy atom. The van der Waals surface area contributed by atoms with Crippen molar-refractivity contribution in [1.82, 2.24) is 0 Å². The van der Waals surface area contributed by atoms with Crippen molar-refractivity contribution in [3.8, 4) is 0 Å². The van der Waals surface area contributed by atoms with Gasteiger partial charge in [0.1, 0.15) is 0 Å². The van der Waals surface area contributed by atoms with Gasteiger partial charge in [0.25, 0.3) is 0 Å². The number of benzene rings is 1. The van der Waals surface area contributed by atoms with Gasteiger partial charge in [-0.3, -0.25) is 0 Å². The van der Waals surface area contributed by atoms with Crippen molar-refractivity contribution in [3.63, 3.8) is 0 Å². The molecule has 0 N–H and O–H groups in total. The molecule has 1 aromatic carbocycles. The number of rotatable bonds is 4. The maximum absolute atomic E-state index is 10.2. The molecule has 0 bridgehead atoms. The molecule has 1 aromatic rings. The fraction of sp³-hybridized carbons (Fsp3) is 0.400. The molecule has 0 aromatic heterocycles. The number of halogens is 1. The summed E-state index contributed by atoms with van der Waals surface area (Å²) in [6.07, 6.45) is 2.73. The summed E-state index contributed by atoms with van der Waals surface area (Å²) in [5.41, 5.74) is 1.26. The highest BCUT2D eigenvalue weighted by Gasteiger charge is 1.92. The van der Waals surface area contributed by atoms with E-state index < -0.39 is 0 Å². The van der Waals surface area contributed by atoms with Crippen molar-refractivity contribution < 1.29 is 5.11 Å². The lowest BCUT2D eigenvalue weighted by Gasteiger charge is -1.98. The largest absolute Gasteiger partial charge is 0.237 e. The Kier molecular flexibility index (Phi) is 4.12. The van der Waals surface area contributed by atoms with E-state index in [-0.39, 0.29) is 6.61 Å². The van der Waals surface area contributed by atoms with Gasteiger partial charge >= 0.3 is 0 Å². The molecule has 2 heteroatoms. The van der Waals surface area contributed by atoms with Crippen molar-refractivity contribution in [2.45, 2.75) is 19.3 Å². The van der Waals surface area contributed by atoms with Gasteiger partial charge in [-0.1, -0.05) is 23.7 Å². The second-order valence-electron chi connectivity index (χ2n) is 2.79. The summed E-state index contributed by atoms with van der Waals surface area (Å²) in [6, 6.07) is 7.78. The van der Waals surface area contributed by atoms with Crippen LogP contribution in [0.15, 0.2) is 24.3 Å². The van der Waals surface area contributed by atoms with Gasteiger partial charge < -0.3 is 0 Å². The summed E-state index contributed by atoms with van der Waals surface area (Å²) in [5.74, 6) is 0. The van der Waals surface area contributed by atoms with Crippen molar-refractivity contribution in [2.75, 3.05) is 6.61 Å². The fourth-order valence-corrected chi connectivity index (χ4v) is 1.21. The van der Waals surface area contributed by atoms with Crippen LogP contribution in [-0.4, -0.2) is 6.61 Å². The first-order chi connectivity index (χ1) is 5.83. The topological polar surface area (TPSA) is 19.9 Å². The molecule has 0 aliphatic heterocycles. The Labute approximate surface area is 78.0 Å². The molecular weight excluding hydrogens is 172 g/mol. The molecule has 0 heterocycles. The number of hydrogen-bond donors (Lipinski definition) is 0. The molecule has 0 amide bonds. The highest BCUT2D eigenvalue weighted by molar-refractivity contribution is 6.30. The van der Waals surface area contributed by atoms with Crippen LogP contribution in [0.2, 0.25) is 5.02 Å². The average Bonchev–Trinajstić information content (AvgIpc) is 2.09. The highest BCUT2D eigenvalue weighted by Crippen LogP contribution is 2.11. The van der Waals surface area contributed by atoms with Crippen molar-refractivity contribution >= 4 is 11.6 Å². The van der Waals surface area contributed by atoms with Gasteiger partial charge in [-0.2, -0.15) is 0 Å². The summed E-state index contributed by atoms with van der Waals surface area (Å²) in [7, 11) is 0. The first-order valence-electron chi connectivity index (χ1n) is 4.15. The summed E-state index contributed by atoms with van der Waals surface area (Å²) >= 11 is 5.72. The minimum atomic E-state index is 0.0353. The van der Waals surface area contributed by atoms with E-state index in [0.29, 0.717) is 0 Å². The van der Waals surface area contributed by atoms with E-state index in [0.717, 1.165) is 24.3 Å². The van der Waals surface area contributed by atoms with Gasteiger partial charge in [0.15, 0.2) is 0 Å². The van der Waals surface area contributed by atoms with Crippen molar-refractivity contribution in [1.29, 1.82) is 0 Å². The highest BCUT2D eigenvalue weighted by atomic mass is 35.5. The molecule has 0 spiro atoms. The van der Waals surface area contributed by atoms with Crippen LogP contribution in [0.3, 0.4) is 0 Å². The van der Waals surface area contributed by atoms with Gasteiger partial charge in [-0.15, -0.1) is 0 Å². The minimum absolute atomic E-state index is 0.0353. The molecule has 0 saturated heterocycles. The average molecular weight is 184 g/mol. The van der Waals surface area contributed by atoms with E-state index in [2.05, 4.69) is 0 Å². The van der Waals surface area contributed by atoms with Crippen LogP contribution in [0.25, 0.3) is 0 Å². The molecule has 0 fully saturated rings. The molecule has 0 atom stereocenters. The number of aryl methyl sites for hydroxylation is 1. The molecule has 65 valence electrons. The zero-order valence-electron chi connectivity index (χ0n) is 6.92. The molecule has 0 unspecified atom stereocenters. The van der Waals surface area contributed by atoms with E-state index in [4.69, 9.17) is 11.6 Å². The first-order valence-corrected chi connectivity index (χ1v) is 4.53. The predicted molar refractivity (Wildman–Crippen MR) is 49.9 cm³/mol. The van der Waals surface area contributed by atoms with Gasteiger partial charge in [0.2, 0.25) is 0 Å². The summed E-state index contributed by atoms with van der Waals surface area (Å²) in [6.45, 7) is 0.0353. The molecule has 0 saturated carbocycles. The Bertz CT molecular complexity index is 218. The molecule has 1 radical (unpaired) electrons. The quantitative estimate of drug-likeness (QED) is 0.640. The van der Waals surface area contributed by atoms with Gasteiger partial charge in [0, 0.05) is 5.02 Å². The molecule has 1 rings (SSSR count). The minimum Gasteiger partial charge on any atom is -0.237 e. The Hall–Kier alpha value is -0.530. The molecule has 1 nitrogen and oxygen atoms in total. The third-order valence-electron chi connectivity index (χ3n) is 1.77. The Morgan fingerprint density at radius 3 is 2.33 bits per heavy atom. The fourth-order valence-electron chi connectivity index (χ4n) is 1.08. The lowest BCUT2D eigenvalue weighted by molar-refractivity contribution is 0.187. The molecule has 0 aliphatic rings. The van der Waals surface area contributed by atoms with Crippen LogP contribution in [-0.2, 0) is 11.5 Å². The van der Waals surface area contributed by atoms with E-state index in [1.165, 1.54) is 5.56 Å². The van der Waals surface area contributed by atoms with Gasteiger partial charge in [0.05, 0.1) is 6.61 Å². The zero-order chi connectivity index (χ0) is 8.81. The first kappa shape index (κ1) is 9.56. The molecule has 12 heavy (non-hydrogen) atoms. The third-order valence-corrected chi connectivity index (χ3v) is 2.03. The lowest BCUT2D eigenvalue weighted by atomic mass is 10.1. The molecular formula is C10H12ClO. The maximum atomic E-state index is 10.2. The van der Waals surface area contributed by atoms with E-state index in [1.54, 1.807) is 0 Å². The zero-order valence-corrected chi connectivity index (χ0v) is 7.68. The molecule has 0 aliphatic carbocycles. The summed E-state index contributed by atoms with van der Waals surface area (Å²) < 4.78 is 0. The van der Waals surface area contributed by atoms with Crippen molar-refractivity contribution in [3.05, 3.63) is 34.9 Å². The second-order valence-corrected chi connectivity index (χ2v) is 3.22. The van der Waals surface area contributed by atoms with E-state index in [1.807, 2.05) is 24.3 Å². The summed E-state index contributed by atoms with van der Waals surface area (Å²) in [4.78, 5) is 0. The standard InChI is InChI=1S/C10H12ClO/c11-10-6-4-9(5-7-10)3-1-2-8-12/h4-7H,1-3,8H2. The van der Waals surface area contributed by atoms with Crippen LogP contribution < -0.4 is 0 Å². The van der Waals surface area contributed by atoms with E-state index >= 15 is 0 Å². The SMILES string of the molecule is [O]CCCCc1ccc(Cl)cc1. The maximum Gasteiger partial charge on any atom is 0.0822 e. The number of hydrogen-bond acceptors (Lipinski definition) is 0. The van der Waals surface area contributed by atoms with Crippen LogP contribution >= 0.6 is 11.6 Å². The van der Waals surface area contributed by atoms with Crippen molar-refractivity contribution in [2.24, 2.45) is 0 Å².